The maximum atomic E-state index is 13.0. The Morgan fingerprint density at radius 2 is 2.07 bits per heavy atom. The Bertz CT molecular complexity index is 1010. The Morgan fingerprint density at radius 1 is 1.39 bits per heavy atom. The van der Waals surface area contributed by atoms with Crippen molar-refractivity contribution in [3.63, 3.8) is 0 Å². The molecule has 1 unspecified atom stereocenters. The fraction of sp³-hybridized carbons (Fsp3) is 0.350. The van der Waals surface area contributed by atoms with Gasteiger partial charge in [0.1, 0.15) is 17.4 Å². The van der Waals surface area contributed by atoms with E-state index in [0.717, 1.165) is 11.0 Å². The lowest BCUT2D eigenvalue weighted by atomic mass is 9.99. The van der Waals surface area contributed by atoms with Gasteiger partial charge in [0.2, 0.25) is 11.7 Å². The summed E-state index contributed by atoms with van der Waals surface area (Å²) in [7, 11) is 0. The van der Waals surface area contributed by atoms with Crippen molar-refractivity contribution in [1.29, 1.82) is 5.26 Å². The molecule has 0 radical (unpaired) electrons. The van der Waals surface area contributed by atoms with Gasteiger partial charge in [0.25, 0.3) is 5.56 Å². The molecule has 28 heavy (non-hydrogen) atoms. The van der Waals surface area contributed by atoms with Crippen molar-refractivity contribution in [3.8, 4) is 17.7 Å². The number of nitriles is 1. The van der Waals surface area contributed by atoms with Gasteiger partial charge in [-0.1, -0.05) is 36.5 Å². The molecule has 1 atom stereocenters. The number of hydrogen-bond acceptors (Lipinski definition) is 5. The summed E-state index contributed by atoms with van der Waals surface area (Å²) in [6, 6.07) is 6.42. The molecule has 2 aromatic rings. The molecule has 0 aliphatic heterocycles. The van der Waals surface area contributed by atoms with Crippen LogP contribution in [0, 0.1) is 18.3 Å². The van der Waals surface area contributed by atoms with Crippen LogP contribution in [0.5, 0.6) is 11.6 Å². The van der Waals surface area contributed by atoms with E-state index in [2.05, 4.69) is 0 Å². The second-order valence-electron chi connectivity index (χ2n) is 6.32. The zero-order valence-corrected chi connectivity index (χ0v) is 17.3. The maximum absolute atomic E-state index is 13.0. The summed E-state index contributed by atoms with van der Waals surface area (Å²) >= 11 is 11.9. The normalized spacial score (nSPS) is 11.7. The standard InChI is InChI=1S/C20H20Cl2N2O4/c1-4-5-8-24-19(26)14(10-23)11(2)17(20(24)27)18(25)12(3)28-16-7-6-13(21)9-15(16)22/h6-7,9,12,27H,4-5,8H2,1-3H3. The largest absolute Gasteiger partial charge is 0.494 e. The number of Topliss-reactive ketones (excluding diaryl/α,β-unsaturated/α-hetero) is 1. The first-order chi connectivity index (χ1) is 13.2. The van der Waals surface area contributed by atoms with Crippen LogP contribution in [0.1, 0.15) is 48.2 Å². The van der Waals surface area contributed by atoms with Crippen molar-refractivity contribution in [2.24, 2.45) is 0 Å². The number of benzene rings is 1. The maximum Gasteiger partial charge on any atom is 0.271 e. The first kappa shape index (κ1) is 21.8. The first-order valence-electron chi connectivity index (χ1n) is 8.75. The molecule has 1 aromatic carbocycles. The van der Waals surface area contributed by atoms with Crippen molar-refractivity contribution >= 4 is 29.0 Å². The Hall–Kier alpha value is -2.49. The van der Waals surface area contributed by atoms with Crippen LogP contribution < -0.4 is 10.3 Å². The van der Waals surface area contributed by atoms with Gasteiger partial charge in [-0.3, -0.25) is 14.2 Å². The van der Waals surface area contributed by atoms with Crippen molar-refractivity contribution in [2.45, 2.75) is 46.3 Å². The number of nitrogens with zero attached hydrogens (tertiary/aromatic N) is 2. The molecular weight excluding hydrogens is 403 g/mol. The summed E-state index contributed by atoms with van der Waals surface area (Å²) in [5.41, 5.74) is -0.768. The predicted molar refractivity (Wildman–Crippen MR) is 108 cm³/mol. The first-order valence-corrected chi connectivity index (χ1v) is 9.50. The number of ketones is 1. The zero-order valence-electron chi connectivity index (χ0n) is 15.8. The van der Waals surface area contributed by atoms with Crippen LogP contribution in [-0.4, -0.2) is 21.6 Å². The molecule has 0 bridgehead atoms. The molecule has 0 aliphatic rings. The predicted octanol–water partition coefficient (Wildman–Crippen LogP) is 4.49. The third-order valence-corrected chi connectivity index (χ3v) is 4.88. The number of pyridine rings is 1. The number of aromatic hydroxyl groups is 1. The van der Waals surface area contributed by atoms with Crippen LogP contribution in [0.4, 0.5) is 0 Å². The summed E-state index contributed by atoms with van der Waals surface area (Å²) < 4.78 is 6.69. The van der Waals surface area contributed by atoms with Gasteiger partial charge in [0.15, 0.2) is 6.10 Å². The zero-order chi connectivity index (χ0) is 21.0. The van der Waals surface area contributed by atoms with E-state index in [-0.39, 0.29) is 34.0 Å². The fourth-order valence-electron chi connectivity index (χ4n) is 2.79. The summed E-state index contributed by atoms with van der Waals surface area (Å²) in [5, 5.41) is 20.6. The van der Waals surface area contributed by atoms with Crippen LogP contribution in [0.3, 0.4) is 0 Å². The Morgan fingerprint density at radius 3 is 2.64 bits per heavy atom. The van der Waals surface area contributed by atoms with Crippen LogP contribution >= 0.6 is 23.2 Å². The van der Waals surface area contributed by atoms with Crippen molar-refractivity contribution in [1.82, 2.24) is 4.57 Å². The van der Waals surface area contributed by atoms with Crippen LogP contribution in [0.2, 0.25) is 10.0 Å². The van der Waals surface area contributed by atoms with E-state index in [1.807, 2.05) is 13.0 Å². The molecular formula is C20H20Cl2N2O4. The van der Waals surface area contributed by atoms with E-state index in [1.165, 1.54) is 26.0 Å². The molecule has 148 valence electrons. The second kappa shape index (κ2) is 9.13. The Labute approximate surface area is 172 Å². The Balaban J connectivity index is 2.48. The molecule has 6 nitrogen and oxygen atoms in total. The average Bonchev–Trinajstić information content (AvgIpc) is 2.64. The summed E-state index contributed by atoms with van der Waals surface area (Å²) in [6.07, 6.45) is 0.369. The van der Waals surface area contributed by atoms with Gasteiger partial charge in [-0.05, 0) is 44.0 Å². The minimum Gasteiger partial charge on any atom is -0.494 e. The third kappa shape index (κ3) is 4.32. The summed E-state index contributed by atoms with van der Waals surface area (Å²) in [5.74, 6) is -0.774. The van der Waals surface area contributed by atoms with E-state index in [0.29, 0.717) is 11.4 Å². The smallest absolute Gasteiger partial charge is 0.271 e. The Kier molecular flexibility index (Phi) is 7.11. The highest BCUT2D eigenvalue weighted by atomic mass is 35.5. The molecule has 8 heteroatoms. The number of rotatable bonds is 7. The van der Waals surface area contributed by atoms with Crippen molar-refractivity contribution in [2.75, 3.05) is 0 Å². The third-order valence-electron chi connectivity index (χ3n) is 4.35. The van der Waals surface area contributed by atoms with Gasteiger partial charge < -0.3 is 9.84 Å². The minimum absolute atomic E-state index is 0.107. The molecule has 0 aliphatic carbocycles. The number of unbranched alkanes of at least 4 members (excludes halogenated alkanes) is 1. The lowest BCUT2D eigenvalue weighted by Crippen LogP contribution is -2.31. The monoisotopic (exact) mass is 422 g/mol. The van der Waals surface area contributed by atoms with Crippen LogP contribution in [-0.2, 0) is 6.54 Å². The molecule has 0 amide bonds. The summed E-state index contributed by atoms with van der Waals surface area (Å²) in [6.45, 7) is 5.09. The van der Waals surface area contributed by atoms with E-state index in [1.54, 1.807) is 6.07 Å². The molecule has 0 fully saturated rings. The number of hydrogen-bond donors (Lipinski definition) is 1. The SMILES string of the molecule is CCCCn1c(O)c(C(=O)C(C)Oc2ccc(Cl)cc2Cl)c(C)c(C#N)c1=O. The molecule has 2 rings (SSSR count). The summed E-state index contributed by atoms with van der Waals surface area (Å²) in [4.78, 5) is 25.5. The number of carbonyl (C=O) groups excluding carboxylic acids is 1. The lowest BCUT2D eigenvalue weighted by molar-refractivity contribution is 0.0812. The number of carbonyl (C=O) groups is 1. The molecule has 1 N–H and O–H groups in total. The number of ether oxygens (including phenoxy) is 1. The van der Waals surface area contributed by atoms with E-state index in [4.69, 9.17) is 27.9 Å². The molecule has 0 saturated carbocycles. The highest BCUT2D eigenvalue weighted by Gasteiger charge is 2.28. The highest BCUT2D eigenvalue weighted by molar-refractivity contribution is 6.35. The van der Waals surface area contributed by atoms with Gasteiger partial charge in [-0.25, -0.2) is 0 Å². The number of aromatic nitrogens is 1. The topological polar surface area (TPSA) is 92.3 Å². The fourth-order valence-corrected chi connectivity index (χ4v) is 3.24. The second-order valence-corrected chi connectivity index (χ2v) is 7.16. The average molecular weight is 423 g/mol. The highest BCUT2D eigenvalue weighted by Crippen LogP contribution is 2.30. The van der Waals surface area contributed by atoms with Gasteiger partial charge in [-0.2, -0.15) is 5.26 Å². The van der Waals surface area contributed by atoms with E-state index in [9.17, 15) is 20.0 Å². The van der Waals surface area contributed by atoms with Gasteiger partial charge in [0.05, 0.1) is 10.6 Å². The molecule has 1 aromatic heterocycles. The lowest BCUT2D eigenvalue weighted by Gasteiger charge is -2.19. The van der Waals surface area contributed by atoms with E-state index >= 15 is 0 Å². The van der Waals surface area contributed by atoms with Gasteiger partial charge in [0, 0.05) is 11.6 Å². The molecule has 1 heterocycles. The van der Waals surface area contributed by atoms with E-state index < -0.39 is 23.3 Å². The number of halogens is 2. The minimum atomic E-state index is -1.02. The van der Waals surface area contributed by atoms with Crippen LogP contribution in [0.15, 0.2) is 23.0 Å². The van der Waals surface area contributed by atoms with Crippen molar-refractivity contribution in [3.05, 3.63) is 55.3 Å². The molecule has 0 saturated heterocycles. The van der Waals surface area contributed by atoms with Crippen LogP contribution in [0.25, 0.3) is 0 Å². The quantitative estimate of drug-likeness (QED) is 0.663. The van der Waals surface area contributed by atoms with Gasteiger partial charge >= 0.3 is 0 Å². The molecule has 0 spiro atoms. The van der Waals surface area contributed by atoms with Gasteiger partial charge in [-0.15, -0.1) is 0 Å². The van der Waals surface area contributed by atoms with Crippen molar-refractivity contribution < 1.29 is 14.6 Å².